The highest BCUT2D eigenvalue weighted by Gasteiger charge is 2.19. The van der Waals surface area contributed by atoms with Crippen LogP contribution >= 0.6 is 0 Å². The van der Waals surface area contributed by atoms with Gasteiger partial charge in [-0.3, -0.25) is 4.98 Å². The molecule has 1 aliphatic rings. The van der Waals surface area contributed by atoms with Gasteiger partial charge in [0.2, 0.25) is 0 Å². The quantitative estimate of drug-likeness (QED) is 0.417. The van der Waals surface area contributed by atoms with Crippen molar-refractivity contribution in [3.63, 3.8) is 0 Å². The van der Waals surface area contributed by atoms with E-state index in [1.54, 1.807) is 6.26 Å². The van der Waals surface area contributed by atoms with Crippen molar-refractivity contribution in [1.82, 2.24) is 15.6 Å². The lowest BCUT2D eigenvalue weighted by molar-refractivity contribution is 0.400. The molecule has 1 aliphatic heterocycles. The first-order valence-electron chi connectivity index (χ1n) is 10.0. The van der Waals surface area contributed by atoms with Crippen molar-refractivity contribution in [2.75, 3.05) is 37.6 Å². The van der Waals surface area contributed by atoms with Crippen molar-refractivity contribution >= 4 is 11.6 Å². The maximum atomic E-state index is 5.39. The molecule has 0 bridgehead atoms. The first kappa shape index (κ1) is 20.0. The maximum absolute atomic E-state index is 5.39. The summed E-state index contributed by atoms with van der Waals surface area (Å²) in [6, 6.07) is 8.09. The van der Waals surface area contributed by atoms with Crippen LogP contribution in [-0.2, 0) is 6.42 Å². The zero-order valence-electron chi connectivity index (χ0n) is 16.7. The normalized spacial score (nSPS) is 15.5. The first-order valence-corrected chi connectivity index (χ1v) is 10.0. The topological polar surface area (TPSA) is 65.7 Å². The van der Waals surface area contributed by atoms with Crippen molar-refractivity contribution in [2.45, 2.75) is 26.2 Å². The van der Waals surface area contributed by atoms with Gasteiger partial charge in [-0.2, -0.15) is 0 Å². The zero-order chi connectivity index (χ0) is 19.6. The van der Waals surface area contributed by atoms with Crippen LogP contribution in [0.2, 0.25) is 0 Å². The molecule has 2 aromatic heterocycles. The molecule has 0 unspecified atom stereocenters. The van der Waals surface area contributed by atoms with Crippen LogP contribution in [0, 0.1) is 5.92 Å². The Bertz CT molecular complexity index is 734. The van der Waals surface area contributed by atoms with Gasteiger partial charge in [-0.05, 0) is 49.9 Å². The third kappa shape index (κ3) is 6.44. The van der Waals surface area contributed by atoms with E-state index in [2.05, 4.69) is 44.2 Å². The molecule has 0 aromatic carbocycles. The summed E-state index contributed by atoms with van der Waals surface area (Å²) in [7, 11) is 0. The lowest BCUT2D eigenvalue weighted by atomic mass is 9.96. The molecule has 3 rings (SSSR count). The molecular weight excluding hydrogens is 350 g/mol. The van der Waals surface area contributed by atoms with Gasteiger partial charge < -0.3 is 20.0 Å². The van der Waals surface area contributed by atoms with Gasteiger partial charge in [-0.25, -0.2) is 4.99 Å². The smallest absolute Gasteiger partial charge is 0.191 e. The minimum atomic E-state index is 0.635. The van der Waals surface area contributed by atoms with Gasteiger partial charge in [0, 0.05) is 50.7 Å². The Morgan fingerprint density at radius 2 is 2.04 bits per heavy atom. The number of hydrogen-bond donors (Lipinski definition) is 2. The minimum Gasteiger partial charge on any atom is -0.469 e. The summed E-state index contributed by atoms with van der Waals surface area (Å²) in [5, 5.41) is 6.93. The minimum absolute atomic E-state index is 0.635. The number of pyridine rings is 1. The summed E-state index contributed by atoms with van der Waals surface area (Å²) in [5.74, 6) is 2.49. The molecule has 0 radical (unpaired) electrons. The molecule has 6 heteroatoms. The number of nitrogens with zero attached hydrogens (tertiary/aromatic N) is 3. The van der Waals surface area contributed by atoms with Crippen LogP contribution in [0.5, 0.6) is 0 Å². The number of piperidine rings is 1. The molecule has 3 heterocycles. The van der Waals surface area contributed by atoms with Crippen LogP contribution in [-0.4, -0.2) is 43.7 Å². The number of rotatable bonds is 8. The van der Waals surface area contributed by atoms with E-state index in [1.807, 2.05) is 31.5 Å². The molecule has 1 fully saturated rings. The van der Waals surface area contributed by atoms with Crippen LogP contribution in [0.25, 0.3) is 0 Å². The predicted octanol–water partition coefficient (Wildman–Crippen LogP) is 3.25. The second-order valence-corrected chi connectivity index (χ2v) is 7.39. The van der Waals surface area contributed by atoms with Gasteiger partial charge in [0.1, 0.15) is 5.76 Å². The summed E-state index contributed by atoms with van der Waals surface area (Å²) < 4.78 is 5.39. The maximum Gasteiger partial charge on any atom is 0.191 e. The van der Waals surface area contributed by atoms with Gasteiger partial charge in [-0.1, -0.05) is 12.2 Å². The lowest BCUT2D eigenvalue weighted by Gasteiger charge is -2.33. The summed E-state index contributed by atoms with van der Waals surface area (Å²) in [4.78, 5) is 11.2. The van der Waals surface area contributed by atoms with Gasteiger partial charge in [-0.15, -0.1) is 0 Å². The third-order valence-corrected chi connectivity index (χ3v) is 4.95. The monoisotopic (exact) mass is 381 g/mol. The third-order valence-electron chi connectivity index (χ3n) is 4.95. The summed E-state index contributed by atoms with van der Waals surface area (Å²) >= 11 is 0. The van der Waals surface area contributed by atoms with E-state index in [1.165, 1.54) is 18.5 Å². The zero-order valence-corrected chi connectivity index (χ0v) is 16.7. The molecule has 150 valence electrons. The fraction of sp³-hybridized carbons (Fsp3) is 0.455. The Hall–Kier alpha value is -2.76. The number of aliphatic imine (C=N–C) groups is 1. The Balaban J connectivity index is 1.43. The molecule has 0 spiro atoms. The molecule has 0 atom stereocenters. The van der Waals surface area contributed by atoms with Crippen LogP contribution in [0.4, 0.5) is 5.69 Å². The standard InChI is InChI=1S/C22H31N5O/c1-18(2)16-25-22(24-12-7-21-4-3-15-28-21)26-17-19-8-13-27(14-9-19)20-5-10-23-11-6-20/h3-6,10-11,15,19H,1,7-9,12-14,16-17H2,2H3,(H2,24,25,26). The highest BCUT2D eigenvalue weighted by molar-refractivity contribution is 5.79. The molecule has 0 saturated carbocycles. The van der Waals surface area contributed by atoms with E-state index in [0.29, 0.717) is 12.5 Å². The highest BCUT2D eigenvalue weighted by atomic mass is 16.3. The van der Waals surface area contributed by atoms with Gasteiger partial charge in [0.15, 0.2) is 5.96 Å². The molecule has 28 heavy (non-hydrogen) atoms. The second kappa shape index (κ2) is 10.5. The second-order valence-electron chi connectivity index (χ2n) is 7.39. The Kier molecular flexibility index (Phi) is 7.53. The Morgan fingerprint density at radius 1 is 1.25 bits per heavy atom. The van der Waals surface area contributed by atoms with E-state index < -0.39 is 0 Å². The molecule has 1 saturated heterocycles. The van der Waals surface area contributed by atoms with Crippen LogP contribution < -0.4 is 15.5 Å². The number of guanidine groups is 1. The van der Waals surface area contributed by atoms with Gasteiger partial charge >= 0.3 is 0 Å². The predicted molar refractivity (Wildman–Crippen MR) is 115 cm³/mol. The number of hydrogen-bond acceptors (Lipinski definition) is 4. The van der Waals surface area contributed by atoms with Gasteiger partial charge in [0.05, 0.1) is 12.8 Å². The average Bonchev–Trinajstić information content (AvgIpc) is 3.24. The largest absolute Gasteiger partial charge is 0.469 e. The summed E-state index contributed by atoms with van der Waals surface area (Å²) in [6.07, 6.45) is 8.63. The number of nitrogens with one attached hydrogen (secondary N) is 2. The average molecular weight is 382 g/mol. The molecule has 0 aliphatic carbocycles. The Labute approximate surface area is 167 Å². The summed E-state index contributed by atoms with van der Waals surface area (Å²) in [6.45, 7) is 10.5. The first-order chi connectivity index (χ1) is 13.7. The van der Waals surface area contributed by atoms with E-state index in [4.69, 9.17) is 4.42 Å². The number of aromatic nitrogens is 1. The van der Waals surface area contributed by atoms with Crippen molar-refractivity contribution in [1.29, 1.82) is 0 Å². The Morgan fingerprint density at radius 3 is 2.71 bits per heavy atom. The fourth-order valence-electron chi connectivity index (χ4n) is 3.34. The van der Waals surface area contributed by atoms with Crippen molar-refractivity contribution in [3.8, 4) is 0 Å². The van der Waals surface area contributed by atoms with E-state index in [-0.39, 0.29) is 0 Å². The van der Waals surface area contributed by atoms with Crippen LogP contribution in [0.3, 0.4) is 0 Å². The fourth-order valence-corrected chi connectivity index (χ4v) is 3.34. The molecule has 2 aromatic rings. The van der Waals surface area contributed by atoms with Crippen molar-refractivity contribution in [3.05, 3.63) is 60.8 Å². The highest BCUT2D eigenvalue weighted by Crippen LogP contribution is 2.22. The van der Waals surface area contributed by atoms with E-state index in [0.717, 1.165) is 49.9 Å². The van der Waals surface area contributed by atoms with Gasteiger partial charge in [0.25, 0.3) is 0 Å². The molecule has 0 amide bonds. The van der Waals surface area contributed by atoms with Crippen molar-refractivity contribution < 1.29 is 4.42 Å². The molecule has 2 N–H and O–H groups in total. The summed E-state index contributed by atoms with van der Waals surface area (Å²) in [5.41, 5.74) is 2.32. The number of anilines is 1. The van der Waals surface area contributed by atoms with Crippen LogP contribution in [0.15, 0.2) is 64.5 Å². The number of furan rings is 1. The van der Waals surface area contributed by atoms with E-state index >= 15 is 0 Å². The van der Waals surface area contributed by atoms with Crippen LogP contribution in [0.1, 0.15) is 25.5 Å². The molecule has 6 nitrogen and oxygen atoms in total. The van der Waals surface area contributed by atoms with E-state index in [9.17, 15) is 0 Å². The lowest BCUT2D eigenvalue weighted by Crippen LogP contribution is -2.43. The SMILES string of the molecule is C=C(C)CN=C(NCCc1ccco1)NCC1CCN(c2ccncc2)CC1. The van der Waals surface area contributed by atoms with Crippen molar-refractivity contribution in [2.24, 2.45) is 10.9 Å². The molecular formula is C22H31N5O.